The van der Waals surface area contributed by atoms with Crippen molar-refractivity contribution in [3.63, 3.8) is 0 Å². The standard InChI is InChI=1S/C23H31N3O3/c1-15-3-6-19(7-4-15)26(2)23(28)21-14-17-13-18(5-8-20(17)29-21)25-22(27)16-9-11-24-12-10-16/h5,8,13-16,19,24H,3-4,6-7,9-12H2,1-2H3,(H,25,27). The van der Waals surface area contributed by atoms with Crippen LogP contribution >= 0.6 is 0 Å². The molecular formula is C23H31N3O3. The lowest BCUT2D eigenvalue weighted by Crippen LogP contribution is -2.39. The second-order valence-corrected chi connectivity index (χ2v) is 8.71. The van der Waals surface area contributed by atoms with E-state index in [9.17, 15) is 9.59 Å². The van der Waals surface area contributed by atoms with Gasteiger partial charge in [0, 0.05) is 30.1 Å². The molecule has 1 aliphatic heterocycles. The third-order valence-electron chi connectivity index (χ3n) is 6.56. The Morgan fingerprint density at radius 1 is 1.07 bits per heavy atom. The molecule has 1 saturated carbocycles. The Bertz CT molecular complexity index is 877. The van der Waals surface area contributed by atoms with E-state index in [4.69, 9.17) is 4.42 Å². The fourth-order valence-corrected chi connectivity index (χ4v) is 4.52. The summed E-state index contributed by atoms with van der Waals surface area (Å²) in [7, 11) is 1.88. The van der Waals surface area contributed by atoms with Gasteiger partial charge in [-0.15, -0.1) is 0 Å². The zero-order chi connectivity index (χ0) is 20.4. The highest BCUT2D eigenvalue weighted by Gasteiger charge is 2.27. The highest BCUT2D eigenvalue weighted by molar-refractivity contribution is 5.98. The normalized spacial score (nSPS) is 23.1. The monoisotopic (exact) mass is 397 g/mol. The van der Waals surface area contributed by atoms with Crippen molar-refractivity contribution in [1.82, 2.24) is 10.2 Å². The van der Waals surface area contributed by atoms with Gasteiger partial charge in [-0.05, 0) is 81.8 Å². The minimum atomic E-state index is -0.0685. The smallest absolute Gasteiger partial charge is 0.289 e. The Balaban J connectivity index is 1.45. The Labute approximate surface area is 172 Å². The number of furan rings is 1. The van der Waals surface area contributed by atoms with Crippen molar-refractivity contribution < 1.29 is 14.0 Å². The predicted octanol–water partition coefficient (Wildman–Crippen LogP) is 4.02. The zero-order valence-corrected chi connectivity index (χ0v) is 17.4. The first kappa shape index (κ1) is 20.0. The van der Waals surface area contributed by atoms with Gasteiger partial charge in [0.2, 0.25) is 5.91 Å². The number of anilines is 1. The fraction of sp³-hybridized carbons (Fsp3) is 0.565. The number of nitrogens with zero attached hydrogens (tertiary/aromatic N) is 1. The van der Waals surface area contributed by atoms with Gasteiger partial charge < -0.3 is 20.0 Å². The zero-order valence-electron chi connectivity index (χ0n) is 17.4. The average molecular weight is 398 g/mol. The van der Waals surface area contributed by atoms with Gasteiger partial charge in [-0.2, -0.15) is 0 Å². The lowest BCUT2D eigenvalue weighted by molar-refractivity contribution is -0.120. The number of rotatable bonds is 4. The maximum absolute atomic E-state index is 12.9. The number of nitrogens with one attached hydrogen (secondary N) is 2. The van der Waals surface area contributed by atoms with Crippen molar-refractivity contribution in [1.29, 1.82) is 0 Å². The fourth-order valence-electron chi connectivity index (χ4n) is 4.52. The van der Waals surface area contributed by atoms with Crippen LogP contribution in [-0.4, -0.2) is 42.9 Å². The third kappa shape index (κ3) is 4.47. The Kier molecular flexibility index (Phi) is 5.90. The number of carbonyl (C=O) groups is 2. The van der Waals surface area contributed by atoms with E-state index in [1.165, 1.54) is 12.8 Å². The summed E-state index contributed by atoms with van der Waals surface area (Å²) in [6.07, 6.45) is 6.17. The summed E-state index contributed by atoms with van der Waals surface area (Å²) in [4.78, 5) is 27.2. The third-order valence-corrected chi connectivity index (χ3v) is 6.56. The minimum absolute atomic E-state index is 0.0558. The average Bonchev–Trinajstić information content (AvgIpc) is 3.17. The van der Waals surface area contributed by atoms with E-state index in [0.717, 1.165) is 55.8 Å². The largest absolute Gasteiger partial charge is 0.451 e. The quantitative estimate of drug-likeness (QED) is 0.817. The Morgan fingerprint density at radius 3 is 2.52 bits per heavy atom. The molecule has 0 unspecified atom stereocenters. The summed E-state index contributed by atoms with van der Waals surface area (Å²) in [5.41, 5.74) is 1.41. The molecule has 2 aromatic rings. The van der Waals surface area contributed by atoms with E-state index in [1.54, 1.807) is 6.07 Å². The van der Waals surface area contributed by atoms with Crippen LogP contribution in [0.3, 0.4) is 0 Å². The number of fused-ring (bicyclic) bond motifs is 1. The second-order valence-electron chi connectivity index (χ2n) is 8.71. The molecule has 2 aliphatic rings. The summed E-state index contributed by atoms with van der Waals surface area (Å²) < 4.78 is 5.83. The van der Waals surface area contributed by atoms with Crippen molar-refractivity contribution in [3.05, 3.63) is 30.0 Å². The first-order chi connectivity index (χ1) is 14.0. The number of carbonyl (C=O) groups excluding carboxylic acids is 2. The van der Waals surface area contributed by atoms with Crippen molar-refractivity contribution in [2.75, 3.05) is 25.5 Å². The number of benzene rings is 1. The first-order valence-electron chi connectivity index (χ1n) is 10.8. The predicted molar refractivity (Wildman–Crippen MR) is 114 cm³/mol. The van der Waals surface area contributed by atoms with E-state index in [-0.39, 0.29) is 23.8 Å². The van der Waals surface area contributed by atoms with Crippen LogP contribution in [-0.2, 0) is 4.79 Å². The van der Waals surface area contributed by atoms with Gasteiger partial charge in [-0.1, -0.05) is 6.92 Å². The van der Waals surface area contributed by atoms with Crippen molar-refractivity contribution in [3.8, 4) is 0 Å². The molecule has 0 radical (unpaired) electrons. The van der Waals surface area contributed by atoms with Crippen LogP contribution in [0, 0.1) is 11.8 Å². The summed E-state index contributed by atoms with van der Waals surface area (Å²) in [5, 5.41) is 7.13. The molecule has 2 N–H and O–H groups in total. The van der Waals surface area contributed by atoms with Gasteiger partial charge in [0.25, 0.3) is 5.91 Å². The Hall–Kier alpha value is -2.34. The topological polar surface area (TPSA) is 74.6 Å². The molecule has 0 spiro atoms. The van der Waals surface area contributed by atoms with E-state index in [0.29, 0.717) is 11.3 Å². The van der Waals surface area contributed by atoms with E-state index in [2.05, 4.69) is 17.6 Å². The molecule has 6 heteroatoms. The molecule has 1 aromatic heterocycles. The SMILES string of the molecule is CC1CCC(N(C)C(=O)c2cc3cc(NC(=O)C4CCNCC4)ccc3o2)CC1. The number of piperidine rings is 1. The number of hydrogen-bond acceptors (Lipinski definition) is 4. The molecule has 0 bridgehead atoms. The molecule has 1 saturated heterocycles. The molecule has 6 nitrogen and oxygen atoms in total. The Morgan fingerprint density at radius 2 is 1.79 bits per heavy atom. The summed E-state index contributed by atoms with van der Waals surface area (Å²) >= 11 is 0. The number of amides is 2. The summed E-state index contributed by atoms with van der Waals surface area (Å²) in [5.74, 6) is 1.17. The van der Waals surface area contributed by atoms with Crippen LogP contribution in [0.2, 0.25) is 0 Å². The van der Waals surface area contributed by atoms with Gasteiger partial charge in [-0.25, -0.2) is 0 Å². The molecule has 1 aliphatic carbocycles. The molecule has 4 rings (SSSR count). The van der Waals surface area contributed by atoms with E-state index in [1.807, 2.05) is 30.1 Å². The minimum Gasteiger partial charge on any atom is -0.451 e. The lowest BCUT2D eigenvalue weighted by atomic mass is 9.87. The molecular weight excluding hydrogens is 366 g/mol. The maximum atomic E-state index is 12.9. The molecule has 2 heterocycles. The second kappa shape index (κ2) is 8.57. The number of hydrogen-bond donors (Lipinski definition) is 2. The van der Waals surface area contributed by atoms with Crippen LogP contribution in [0.4, 0.5) is 5.69 Å². The van der Waals surface area contributed by atoms with Crippen molar-refractivity contribution in [2.45, 2.75) is 51.5 Å². The van der Waals surface area contributed by atoms with Crippen LogP contribution < -0.4 is 10.6 Å². The maximum Gasteiger partial charge on any atom is 0.289 e. The van der Waals surface area contributed by atoms with Crippen LogP contribution in [0.15, 0.2) is 28.7 Å². The van der Waals surface area contributed by atoms with Crippen LogP contribution in [0.25, 0.3) is 11.0 Å². The van der Waals surface area contributed by atoms with Gasteiger partial charge >= 0.3 is 0 Å². The van der Waals surface area contributed by atoms with Gasteiger partial charge in [-0.3, -0.25) is 9.59 Å². The van der Waals surface area contributed by atoms with E-state index >= 15 is 0 Å². The van der Waals surface area contributed by atoms with Crippen LogP contribution in [0.5, 0.6) is 0 Å². The van der Waals surface area contributed by atoms with E-state index < -0.39 is 0 Å². The highest BCUT2D eigenvalue weighted by atomic mass is 16.3. The molecule has 0 atom stereocenters. The molecule has 29 heavy (non-hydrogen) atoms. The van der Waals surface area contributed by atoms with Gasteiger partial charge in [0.1, 0.15) is 5.58 Å². The summed E-state index contributed by atoms with van der Waals surface area (Å²) in [6.45, 7) is 4.05. The molecule has 1 aromatic carbocycles. The van der Waals surface area contributed by atoms with Gasteiger partial charge in [0.05, 0.1) is 0 Å². The first-order valence-corrected chi connectivity index (χ1v) is 10.8. The lowest BCUT2D eigenvalue weighted by Gasteiger charge is -2.33. The van der Waals surface area contributed by atoms with Crippen molar-refractivity contribution in [2.24, 2.45) is 11.8 Å². The van der Waals surface area contributed by atoms with Crippen LogP contribution in [0.1, 0.15) is 56.0 Å². The highest BCUT2D eigenvalue weighted by Crippen LogP contribution is 2.29. The van der Waals surface area contributed by atoms with Crippen molar-refractivity contribution >= 4 is 28.5 Å². The molecule has 2 fully saturated rings. The molecule has 156 valence electrons. The summed E-state index contributed by atoms with van der Waals surface area (Å²) in [6, 6.07) is 7.63. The molecule has 2 amide bonds. The van der Waals surface area contributed by atoms with Gasteiger partial charge in [0.15, 0.2) is 5.76 Å².